The van der Waals surface area contributed by atoms with Crippen LogP contribution >= 0.6 is 15.9 Å². The Bertz CT molecular complexity index is 414. The molecule has 0 amide bonds. The van der Waals surface area contributed by atoms with E-state index in [1.54, 1.807) is 18.2 Å². The van der Waals surface area contributed by atoms with Crippen molar-refractivity contribution < 1.29 is 19.1 Å². The maximum Gasteiger partial charge on any atom is 0.308 e. The van der Waals surface area contributed by atoms with Crippen molar-refractivity contribution in [2.45, 2.75) is 20.5 Å². The van der Waals surface area contributed by atoms with Gasteiger partial charge in [0.05, 0.1) is 0 Å². The van der Waals surface area contributed by atoms with E-state index in [0.29, 0.717) is 11.3 Å². The Kier molecular flexibility index (Phi) is 4.49. The van der Waals surface area contributed by atoms with E-state index in [4.69, 9.17) is 9.47 Å². The molecule has 0 aromatic heterocycles. The number of carbonyl (C=O) groups is 2. The zero-order chi connectivity index (χ0) is 12.1. The predicted octanol–water partition coefficient (Wildman–Crippen LogP) is 2.44. The van der Waals surface area contributed by atoms with Gasteiger partial charge in [0.2, 0.25) is 0 Å². The van der Waals surface area contributed by atoms with Gasteiger partial charge in [-0.1, -0.05) is 15.9 Å². The topological polar surface area (TPSA) is 52.6 Å². The number of halogens is 1. The summed E-state index contributed by atoms with van der Waals surface area (Å²) in [6.45, 7) is 2.72. The monoisotopic (exact) mass is 286 g/mol. The van der Waals surface area contributed by atoms with E-state index in [-0.39, 0.29) is 12.6 Å². The largest absolute Gasteiger partial charge is 0.461 e. The van der Waals surface area contributed by atoms with Gasteiger partial charge in [0.25, 0.3) is 0 Å². The van der Waals surface area contributed by atoms with Crippen LogP contribution in [-0.2, 0) is 20.9 Å². The second-order valence-electron chi connectivity index (χ2n) is 3.13. The minimum Gasteiger partial charge on any atom is -0.461 e. The second kappa shape index (κ2) is 5.65. The maximum absolute atomic E-state index is 10.8. The second-order valence-corrected chi connectivity index (χ2v) is 4.04. The van der Waals surface area contributed by atoms with Crippen LogP contribution in [0.5, 0.6) is 5.75 Å². The number of rotatable bonds is 3. The molecule has 0 saturated carbocycles. The van der Waals surface area contributed by atoms with Gasteiger partial charge in [-0.15, -0.1) is 0 Å². The quantitative estimate of drug-likeness (QED) is 0.633. The van der Waals surface area contributed by atoms with Crippen LogP contribution in [0.25, 0.3) is 0 Å². The molecule has 0 aliphatic carbocycles. The number of benzene rings is 1. The molecule has 16 heavy (non-hydrogen) atoms. The molecule has 1 rings (SSSR count). The lowest BCUT2D eigenvalue weighted by Gasteiger charge is -2.09. The molecule has 0 aliphatic rings. The Morgan fingerprint density at radius 3 is 2.50 bits per heavy atom. The van der Waals surface area contributed by atoms with E-state index >= 15 is 0 Å². The van der Waals surface area contributed by atoms with Gasteiger partial charge in [-0.05, 0) is 18.2 Å². The van der Waals surface area contributed by atoms with Gasteiger partial charge in [-0.3, -0.25) is 9.59 Å². The third-order valence-electron chi connectivity index (χ3n) is 1.71. The first kappa shape index (κ1) is 12.7. The van der Waals surface area contributed by atoms with E-state index in [2.05, 4.69) is 15.9 Å². The van der Waals surface area contributed by atoms with Crippen molar-refractivity contribution in [3.05, 3.63) is 28.2 Å². The normalized spacial score (nSPS) is 9.69. The zero-order valence-corrected chi connectivity index (χ0v) is 10.5. The third kappa shape index (κ3) is 4.02. The van der Waals surface area contributed by atoms with Crippen molar-refractivity contribution in [3.8, 4) is 5.75 Å². The summed E-state index contributed by atoms with van der Waals surface area (Å²) in [6, 6.07) is 5.13. The lowest BCUT2D eigenvalue weighted by Crippen LogP contribution is -2.06. The van der Waals surface area contributed by atoms with E-state index < -0.39 is 5.97 Å². The van der Waals surface area contributed by atoms with Crippen molar-refractivity contribution in [1.29, 1.82) is 0 Å². The van der Waals surface area contributed by atoms with E-state index in [1.807, 2.05) is 0 Å². The Morgan fingerprint density at radius 2 is 1.94 bits per heavy atom. The fraction of sp³-hybridized carbons (Fsp3) is 0.273. The van der Waals surface area contributed by atoms with Crippen LogP contribution in [0.4, 0.5) is 0 Å². The highest BCUT2D eigenvalue weighted by atomic mass is 79.9. The Labute approximate surface area is 102 Å². The van der Waals surface area contributed by atoms with Crippen molar-refractivity contribution in [2.75, 3.05) is 0 Å². The fourth-order valence-corrected chi connectivity index (χ4v) is 1.50. The van der Waals surface area contributed by atoms with Crippen LogP contribution in [0.1, 0.15) is 19.4 Å². The van der Waals surface area contributed by atoms with Crippen molar-refractivity contribution in [1.82, 2.24) is 0 Å². The van der Waals surface area contributed by atoms with Crippen molar-refractivity contribution >= 4 is 27.9 Å². The third-order valence-corrected chi connectivity index (χ3v) is 2.20. The summed E-state index contributed by atoms with van der Waals surface area (Å²) < 4.78 is 10.7. The molecule has 0 saturated heterocycles. The van der Waals surface area contributed by atoms with Gasteiger partial charge in [-0.2, -0.15) is 0 Å². The highest BCUT2D eigenvalue weighted by Gasteiger charge is 2.08. The molecule has 0 atom stereocenters. The van der Waals surface area contributed by atoms with Gasteiger partial charge in [0.1, 0.15) is 12.4 Å². The summed E-state index contributed by atoms with van der Waals surface area (Å²) in [5, 5.41) is 0. The van der Waals surface area contributed by atoms with Gasteiger partial charge >= 0.3 is 11.9 Å². The number of carbonyl (C=O) groups excluding carboxylic acids is 2. The van der Waals surface area contributed by atoms with Gasteiger partial charge in [0, 0.05) is 23.9 Å². The van der Waals surface area contributed by atoms with Crippen molar-refractivity contribution in [2.24, 2.45) is 0 Å². The molecular formula is C11H11BrO4. The SMILES string of the molecule is CC(=O)OCc1cc(Br)ccc1OC(C)=O. The molecule has 0 aliphatic heterocycles. The number of esters is 2. The molecule has 0 spiro atoms. The summed E-state index contributed by atoms with van der Waals surface area (Å²) in [4.78, 5) is 21.5. The van der Waals surface area contributed by atoms with E-state index in [0.717, 1.165) is 4.47 Å². The Hall–Kier alpha value is -1.36. The van der Waals surface area contributed by atoms with Gasteiger partial charge in [0.15, 0.2) is 0 Å². The molecular weight excluding hydrogens is 276 g/mol. The molecule has 5 heteroatoms. The predicted molar refractivity (Wildman–Crippen MR) is 60.9 cm³/mol. The maximum atomic E-state index is 10.8. The van der Waals surface area contributed by atoms with Crippen LogP contribution in [0.2, 0.25) is 0 Å². The van der Waals surface area contributed by atoms with Gasteiger partial charge in [-0.25, -0.2) is 0 Å². The Morgan fingerprint density at radius 1 is 1.25 bits per heavy atom. The summed E-state index contributed by atoms with van der Waals surface area (Å²) in [7, 11) is 0. The summed E-state index contributed by atoms with van der Waals surface area (Å²) in [6.07, 6.45) is 0. The average Bonchev–Trinajstić information content (AvgIpc) is 2.17. The first-order valence-electron chi connectivity index (χ1n) is 4.59. The average molecular weight is 287 g/mol. The van der Waals surface area contributed by atoms with Crippen LogP contribution < -0.4 is 4.74 Å². The summed E-state index contributed by atoms with van der Waals surface area (Å²) in [5.74, 6) is -0.392. The molecule has 1 aromatic rings. The number of ether oxygens (including phenoxy) is 2. The first-order chi connectivity index (χ1) is 7.49. The molecule has 4 nitrogen and oxygen atoms in total. The fourth-order valence-electron chi connectivity index (χ4n) is 1.09. The van der Waals surface area contributed by atoms with Crippen LogP contribution in [-0.4, -0.2) is 11.9 Å². The number of hydrogen-bond donors (Lipinski definition) is 0. The summed E-state index contributed by atoms with van der Waals surface area (Å²) in [5.41, 5.74) is 0.639. The highest BCUT2D eigenvalue weighted by molar-refractivity contribution is 9.10. The van der Waals surface area contributed by atoms with E-state index in [1.165, 1.54) is 13.8 Å². The summed E-state index contributed by atoms with van der Waals surface area (Å²) >= 11 is 3.29. The molecule has 0 heterocycles. The first-order valence-corrected chi connectivity index (χ1v) is 5.38. The lowest BCUT2D eigenvalue weighted by molar-refractivity contribution is -0.142. The molecule has 86 valence electrons. The highest BCUT2D eigenvalue weighted by Crippen LogP contribution is 2.24. The zero-order valence-electron chi connectivity index (χ0n) is 8.95. The van der Waals surface area contributed by atoms with Crippen LogP contribution in [0.15, 0.2) is 22.7 Å². The van der Waals surface area contributed by atoms with Crippen LogP contribution in [0, 0.1) is 0 Å². The number of hydrogen-bond acceptors (Lipinski definition) is 4. The molecule has 0 bridgehead atoms. The van der Waals surface area contributed by atoms with Gasteiger partial charge < -0.3 is 9.47 Å². The lowest BCUT2D eigenvalue weighted by atomic mass is 10.2. The molecule has 0 unspecified atom stereocenters. The van der Waals surface area contributed by atoms with Crippen molar-refractivity contribution in [3.63, 3.8) is 0 Å². The van der Waals surface area contributed by atoms with E-state index in [9.17, 15) is 9.59 Å². The smallest absolute Gasteiger partial charge is 0.308 e. The minimum atomic E-state index is -0.411. The molecule has 0 radical (unpaired) electrons. The Balaban J connectivity index is 2.89. The standard InChI is InChI=1S/C11H11BrO4/c1-7(13)15-6-9-5-10(12)3-4-11(9)16-8(2)14/h3-5H,6H2,1-2H3. The molecule has 0 fully saturated rings. The molecule has 0 N–H and O–H groups in total. The minimum absolute atomic E-state index is 0.0807. The molecule has 1 aromatic carbocycles. The van der Waals surface area contributed by atoms with Crippen LogP contribution in [0.3, 0.4) is 0 Å².